The van der Waals surface area contributed by atoms with E-state index in [0.717, 1.165) is 18.4 Å². The zero-order valence-electron chi connectivity index (χ0n) is 9.42. The Morgan fingerprint density at radius 3 is 2.54 bits per heavy atom. The molecule has 0 aliphatic carbocycles. The molecule has 1 rings (SSSR count). The fourth-order valence-electron chi connectivity index (χ4n) is 2.15. The standard InChI is InChI=1S/C12H24N/c1-10(2)6-4-7-11(3)12-8-5-9-13-12/h10-12H,4-9H2,1-3H3. The van der Waals surface area contributed by atoms with Gasteiger partial charge in [-0.15, -0.1) is 0 Å². The van der Waals surface area contributed by atoms with Crippen LogP contribution in [0.4, 0.5) is 0 Å². The molecule has 13 heavy (non-hydrogen) atoms. The molecule has 77 valence electrons. The largest absolute Gasteiger partial charge is 0.238 e. The van der Waals surface area contributed by atoms with Gasteiger partial charge in [0, 0.05) is 12.6 Å². The van der Waals surface area contributed by atoms with Crippen LogP contribution >= 0.6 is 0 Å². The molecule has 0 aromatic carbocycles. The van der Waals surface area contributed by atoms with Gasteiger partial charge in [0.05, 0.1) is 0 Å². The van der Waals surface area contributed by atoms with Gasteiger partial charge in [-0.05, 0) is 31.1 Å². The SMILES string of the molecule is CC(C)CCCC(C)C1CCC[N]1. The minimum absolute atomic E-state index is 0.701. The van der Waals surface area contributed by atoms with Crippen LogP contribution in [0.5, 0.6) is 0 Å². The van der Waals surface area contributed by atoms with Crippen LogP contribution in [0.2, 0.25) is 0 Å². The van der Waals surface area contributed by atoms with Crippen LogP contribution in [0.25, 0.3) is 0 Å². The molecule has 1 fully saturated rings. The third-order valence-corrected chi connectivity index (χ3v) is 3.12. The summed E-state index contributed by atoms with van der Waals surface area (Å²) in [5, 5.41) is 4.63. The molecule has 1 aliphatic heterocycles. The molecule has 1 heteroatoms. The molecule has 1 saturated heterocycles. The molecule has 0 bridgehead atoms. The van der Waals surface area contributed by atoms with Gasteiger partial charge in [-0.3, -0.25) is 0 Å². The minimum Gasteiger partial charge on any atom is -0.238 e. The van der Waals surface area contributed by atoms with Gasteiger partial charge in [-0.1, -0.05) is 33.6 Å². The van der Waals surface area contributed by atoms with Crippen molar-refractivity contribution in [3.05, 3.63) is 0 Å². The van der Waals surface area contributed by atoms with Gasteiger partial charge in [-0.25, -0.2) is 5.32 Å². The van der Waals surface area contributed by atoms with E-state index in [-0.39, 0.29) is 0 Å². The van der Waals surface area contributed by atoms with Gasteiger partial charge in [0.15, 0.2) is 0 Å². The number of nitrogens with zero attached hydrogens (tertiary/aromatic N) is 1. The van der Waals surface area contributed by atoms with Crippen molar-refractivity contribution < 1.29 is 0 Å². The van der Waals surface area contributed by atoms with Crippen LogP contribution in [0.1, 0.15) is 52.9 Å². The summed E-state index contributed by atoms with van der Waals surface area (Å²) in [4.78, 5) is 0. The molecule has 1 aliphatic rings. The Morgan fingerprint density at radius 2 is 2.00 bits per heavy atom. The Morgan fingerprint density at radius 1 is 1.23 bits per heavy atom. The Bertz CT molecular complexity index is 125. The minimum atomic E-state index is 0.701. The summed E-state index contributed by atoms with van der Waals surface area (Å²) in [6.07, 6.45) is 6.84. The highest BCUT2D eigenvalue weighted by Gasteiger charge is 2.21. The van der Waals surface area contributed by atoms with Gasteiger partial charge < -0.3 is 0 Å². The van der Waals surface area contributed by atoms with Crippen molar-refractivity contribution in [3.63, 3.8) is 0 Å². The molecule has 0 aromatic rings. The lowest BCUT2D eigenvalue weighted by Gasteiger charge is -2.18. The van der Waals surface area contributed by atoms with Crippen molar-refractivity contribution >= 4 is 0 Å². The van der Waals surface area contributed by atoms with Crippen molar-refractivity contribution in [1.29, 1.82) is 0 Å². The molecule has 0 amide bonds. The quantitative estimate of drug-likeness (QED) is 0.620. The van der Waals surface area contributed by atoms with Crippen LogP contribution in [0, 0.1) is 11.8 Å². The maximum Gasteiger partial charge on any atom is 0.0272 e. The van der Waals surface area contributed by atoms with E-state index in [0.29, 0.717) is 6.04 Å². The third-order valence-electron chi connectivity index (χ3n) is 3.12. The maximum absolute atomic E-state index is 4.63. The first kappa shape index (κ1) is 11.0. The monoisotopic (exact) mass is 182 g/mol. The van der Waals surface area contributed by atoms with E-state index in [1.807, 2.05) is 0 Å². The first-order chi connectivity index (χ1) is 6.20. The summed E-state index contributed by atoms with van der Waals surface area (Å²) >= 11 is 0. The lowest BCUT2D eigenvalue weighted by Crippen LogP contribution is -2.23. The van der Waals surface area contributed by atoms with Gasteiger partial charge in [-0.2, -0.15) is 0 Å². The van der Waals surface area contributed by atoms with E-state index in [1.165, 1.54) is 32.1 Å². The summed E-state index contributed by atoms with van der Waals surface area (Å²) in [6, 6.07) is 0.701. The van der Waals surface area contributed by atoms with Crippen LogP contribution < -0.4 is 5.32 Å². The molecular weight excluding hydrogens is 158 g/mol. The topological polar surface area (TPSA) is 14.1 Å². The first-order valence-corrected chi connectivity index (χ1v) is 5.86. The van der Waals surface area contributed by atoms with E-state index in [2.05, 4.69) is 26.1 Å². The summed E-state index contributed by atoms with van der Waals surface area (Å²) in [7, 11) is 0. The van der Waals surface area contributed by atoms with Gasteiger partial charge in [0.1, 0.15) is 0 Å². The van der Waals surface area contributed by atoms with Crippen molar-refractivity contribution in [2.24, 2.45) is 11.8 Å². The fraction of sp³-hybridized carbons (Fsp3) is 1.00. The zero-order valence-corrected chi connectivity index (χ0v) is 9.42. The summed E-state index contributed by atoms with van der Waals surface area (Å²) in [6.45, 7) is 8.12. The van der Waals surface area contributed by atoms with Gasteiger partial charge in [0.25, 0.3) is 0 Å². The molecule has 0 saturated carbocycles. The van der Waals surface area contributed by atoms with Crippen LogP contribution in [-0.2, 0) is 0 Å². The van der Waals surface area contributed by atoms with E-state index in [1.54, 1.807) is 0 Å². The fourth-order valence-corrected chi connectivity index (χ4v) is 2.15. The average Bonchev–Trinajstić information content (AvgIpc) is 2.55. The smallest absolute Gasteiger partial charge is 0.0272 e. The predicted octanol–water partition coefficient (Wildman–Crippen LogP) is 3.22. The first-order valence-electron chi connectivity index (χ1n) is 5.86. The van der Waals surface area contributed by atoms with E-state index in [4.69, 9.17) is 0 Å². The average molecular weight is 182 g/mol. The molecule has 2 unspecified atom stereocenters. The van der Waals surface area contributed by atoms with Crippen molar-refractivity contribution in [3.8, 4) is 0 Å². The Balaban J connectivity index is 2.06. The van der Waals surface area contributed by atoms with E-state index in [9.17, 15) is 0 Å². The summed E-state index contributed by atoms with van der Waals surface area (Å²) < 4.78 is 0. The Kier molecular flexibility index (Phi) is 4.79. The van der Waals surface area contributed by atoms with E-state index >= 15 is 0 Å². The van der Waals surface area contributed by atoms with Crippen molar-refractivity contribution in [2.75, 3.05) is 6.54 Å². The molecule has 2 atom stereocenters. The highest BCUT2D eigenvalue weighted by atomic mass is 14.9. The Hall–Kier alpha value is -0.0400. The van der Waals surface area contributed by atoms with Crippen molar-refractivity contribution in [1.82, 2.24) is 5.32 Å². The lowest BCUT2D eigenvalue weighted by molar-refractivity contribution is 0.367. The molecular formula is C12H24N. The van der Waals surface area contributed by atoms with Crippen LogP contribution in [0.15, 0.2) is 0 Å². The summed E-state index contributed by atoms with van der Waals surface area (Å²) in [5.74, 6) is 1.70. The number of rotatable bonds is 5. The molecule has 0 N–H and O–H groups in total. The predicted molar refractivity (Wildman–Crippen MR) is 57.9 cm³/mol. The van der Waals surface area contributed by atoms with Crippen LogP contribution in [0.3, 0.4) is 0 Å². The number of hydrogen-bond donors (Lipinski definition) is 0. The number of hydrogen-bond acceptors (Lipinski definition) is 0. The molecule has 0 spiro atoms. The Labute approximate surface area is 83.3 Å². The van der Waals surface area contributed by atoms with Gasteiger partial charge >= 0.3 is 0 Å². The van der Waals surface area contributed by atoms with Crippen LogP contribution in [-0.4, -0.2) is 12.6 Å². The van der Waals surface area contributed by atoms with Crippen molar-refractivity contribution in [2.45, 2.75) is 58.9 Å². The molecule has 1 heterocycles. The second-order valence-electron chi connectivity index (χ2n) is 4.92. The molecule has 1 nitrogen and oxygen atoms in total. The van der Waals surface area contributed by atoms with E-state index < -0.39 is 0 Å². The summed E-state index contributed by atoms with van der Waals surface area (Å²) in [5.41, 5.74) is 0. The lowest BCUT2D eigenvalue weighted by atomic mass is 9.93. The normalized spacial score (nSPS) is 25.4. The highest BCUT2D eigenvalue weighted by molar-refractivity contribution is 4.78. The molecule has 0 aromatic heterocycles. The second-order valence-corrected chi connectivity index (χ2v) is 4.92. The molecule has 1 radical (unpaired) electrons. The second kappa shape index (κ2) is 5.64. The maximum atomic E-state index is 4.63. The van der Waals surface area contributed by atoms with Gasteiger partial charge in [0.2, 0.25) is 0 Å². The zero-order chi connectivity index (χ0) is 9.68. The third kappa shape index (κ3) is 4.12. The highest BCUT2D eigenvalue weighted by Crippen LogP contribution is 2.21.